The van der Waals surface area contributed by atoms with E-state index in [0.29, 0.717) is 17.7 Å². The zero-order valence-corrected chi connectivity index (χ0v) is 14.6. The number of hydrogen-bond donors (Lipinski definition) is 0. The number of fused-ring (bicyclic) bond motifs is 4. The molecule has 25 heavy (non-hydrogen) atoms. The largest absolute Gasteiger partial charge is 0.335 e. The molecule has 0 N–H and O–H groups in total. The summed E-state index contributed by atoms with van der Waals surface area (Å²) in [5.74, 6) is 0.534. The van der Waals surface area contributed by atoms with Gasteiger partial charge >= 0.3 is 0 Å². The van der Waals surface area contributed by atoms with Crippen LogP contribution >= 0.6 is 0 Å². The molecule has 0 unspecified atom stereocenters. The van der Waals surface area contributed by atoms with Crippen molar-refractivity contribution in [2.75, 3.05) is 19.6 Å². The van der Waals surface area contributed by atoms with Crippen molar-refractivity contribution in [1.82, 2.24) is 29.5 Å². The van der Waals surface area contributed by atoms with Crippen molar-refractivity contribution >= 4 is 5.91 Å². The van der Waals surface area contributed by atoms with Crippen molar-refractivity contribution in [3.8, 4) is 0 Å². The summed E-state index contributed by atoms with van der Waals surface area (Å²) in [6.07, 6.45) is 11.2. The summed E-state index contributed by atoms with van der Waals surface area (Å²) in [5.41, 5.74) is 1.70. The smallest absolute Gasteiger partial charge is 0.274 e. The van der Waals surface area contributed by atoms with E-state index in [4.69, 9.17) is 0 Å². The fraction of sp³-hybridized carbons (Fsp3) is 0.556. The Balaban J connectivity index is 1.47. The number of aryl methyl sites for hydroxylation is 1. The molecule has 0 aromatic carbocycles. The molecule has 2 aromatic rings. The molecule has 5 rings (SSSR count). The number of nitrogens with zero attached hydrogens (tertiary/aromatic N) is 6. The number of hydrogen-bond acceptors (Lipinski definition) is 5. The molecule has 3 aliphatic heterocycles. The molecule has 5 heterocycles. The molecule has 3 aliphatic rings. The predicted molar refractivity (Wildman–Crippen MR) is 92.8 cm³/mol. The number of carbonyl (C=O) groups excluding carboxylic acids is 1. The second kappa shape index (κ2) is 6.92. The lowest BCUT2D eigenvalue weighted by Crippen LogP contribution is -2.43. The fourth-order valence-corrected chi connectivity index (χ4v) is 4.01. The molecule has 132 valence electrons. The molecule has 0 aliphatic carbocycles. The molecule has 1 amide bonds. The SMILES string of the molecule is CCn1cc(CN2C[C@@H]3CC[C@H]2CN(C(=O)c2cnccn2)C3)cn1. The maximum absolute atomic E-state index is 12.8. The summed E-state index contributed by atoms with van der Waals surface area (Å²) >= 11 is 0. The Kier molecular flexibility index (Phi) is 4.48. The number of rotatable bonds is 4. The highest BCUT2D eigenvalue weighted by molar-refractivity contribution is 5.92. The number of amides is 1. The molecule has 2 aromatic heterocycles. The summed E-state index contributed by atoms with van der Waals surface area (Å²) in [5, 5.41) is 4.38. The van der Waals surface area contributed by atoms with Gasteiger partial charge in [0.25, 0.3) is 5.91 Å². The van der Waals surface area contributed by atoms with E-state index < -0.39 is 0 Å². The van der Waals surface area contributed by atoms with Crippen LogP contribution in [0.25, 0.3) is 0 Å². The highest BCUT2D eigenvalue weighted by Crippen LogP contribution is 2.29. The average molecular weight is 340 g/mol. The van der Waals surface area contributed by atoms with Gasteiger partial charge in [0.2, 0.25) is 0 Å². The van der Waals surface area contributed by atoms with E-state index >= 15 is 0 Å². The van der Waals surface area contributed by atoms with Gasteiger partial charge in [-0.3, -0.25) is 19.4 Å². The monoisotopic (exact) mass is 340 g/mol. The highest BCUT2D eigenvalue weighted by Gasteiger charge is 2.37. The quantitative estimate of drug-likeness (QED) is 0.842. The third-order valence-corrected chi connectivity index (χ3v) is 5.29. The van der Waals surface area contributed by atoms with E-state index in [1.165, 1.54) is 12.0 Å². The Morgan fingerprint density at radius 3 is 2.88 bits per heavy atom. The molecule has 0 saturated carbocycles. The second-order valence-corrected chi connectivity index (χ2v) is 7.03. The van der Waals surface area contributed by atoms with Crippen LogP contribution in [0.15, 0.2) is 31.0 Å². The van der Waals surface area contributed by atoms with Crippen molar-refractivity contribution in [1.29, 1.82) is 0 Å². The Bertz CT molecular complexity index is 730. The lowest BCUT2D eigenvalue weighted by molar-refractivity contribution is 0.0729. The lowest BCUT2D eigenvalue weighted by atomic mass is 9.95. The highest BCUT2D eigenvalue weighted by atomic mass is 16.2. The standard InChI is InChI=1S/C18H24N6O/c1-2-24-12-15(7-21-24)11-22-9-14-3-4-16(22)13-23(10-14)18(25)17-8-19-5-6-20-17/h5-8,12,14,16H,2-4,9-11,13H2,1H3/t14-,16-/m0/s1. The summed E-state index contributed by atoms with van der Waals surface area (Å²) in [6.45, 7) is 6.54. The zero-order chi connectivity index (χ0) is 17.2. The van der Waals surface area contributed by atoms with Crippen molar-refractivity contribution in [2.45, 2.75) is 38.9 Å². The molecule has 7 nitrogen and oxygen atoms in total. The first-order valence-electron chi connectivity index (χ1n) is 9.03. The molecule has 0 spiro atoms. The molecule has 2 atom stereocenters. The Hall–Kier alpha value is -2.28. The maximum Gasteiger partial charge on any atom is 0.274 e. The van der Waals surface area contributed by atoms with Gasteiger partial charge in [0, 0.05) is 62.9 Å². The van der Waals surface area contributed by atoms with E-state index in [9.17, 15) is 4.79 Å². The molecular weight excluding hydrogens is 316 g/mol. The van der Waals surface area contributed by atoms with Crippen molar-refractivity contribution < 1.29 is 4.79 Å². The van der Waals surface area contributed by atoms with Crippen molar-refractivity contribution in [3.05, 3.63) is 42.2 Å². The number of aromatic nitrogens is 4. The van der Waals surface area contributed by atoms with Gasteiger partial charge in [0.1, 0.15) is 5.69 Å². The number of carbonyl (C=O) groups is 1. The van der Waals surface area contributed by atoms with E-state index in [-0.39, 0.29) is 5.91 Å². The molecule has 3 saturated heterocycles. The molecule has 7 heteroatoms. The van der Waals surface area contributed by atoms with Crippen molar-refractivity contribution in [3.63, 3.8) is 0 Å². The van der Waals surface area contributed by atoms with Crippen LogP contribution in [0, 0.1) is 5.92 Å². The zero-order valence-electron chi connectivity index (χ0n) is 14.6. The van der Waals surface area contributed by atoms with E-state index in [1.54, 1.807) is 18.6 Å². The fourth-order valence-electron chi connectivity index (χ4n) is 4.01. The van der Waals surface area contributed by atoms with Crippen molar-refractivity contribution in [2.24, 2.45) is 5.92 Å². The molecule has 2 bridgehead atoms. The first-order chi connectivity index (χ1) is 12.2. The van der Waals surface area contributed by atoms with E-state index in [2.05, 4.69) is 33.1 Å². The van der Waals surface area contributed by atoms with Gasteiger partial charge in [0.15, 0.2) is 0 Å². The predicted octanol–water partition coefficient (Wildman–Crippen LogP) is 1.43. The van der Waals surface area contributed by atoms with Crippen LogP contribution in [0.2, 0.25) is 0 Å². The van der Waals surface area contributed by atoms with Gasteiger partial charge in [-0.05, 0) is 25.7 Å². The minimum Gasteiger partial charge on any atom is -0.335 e. The van der Waals surface area contributed by atoms with Crippen LogP contribution in [0.4, 0.5) is 0 Å². The van der Waals surface area contributed by atoms with Crippen LogP contribution < -0.4 is 0 Å². The average Bonchev–Trinajstić information content (AvgIpc) is 2.91. The maximum atomic E-state index is 12.8. The third-order valence-electron chi connectivity index (χ3n) is 5.29. The Morgan fingerprint density at radius 1 is 1.20 bits per heavy atom. The first-order valence-corrected chi connectivity index (χ1v) is 9.03. The van der Waals surface area contributed by atoms with E-state index in [1.807, 2.05) is 15.8 Å². The first kappa shape index (κ1) is 16.2. The van der Waals surface area contributed by atoms with Gasteiger partial charge in [-0.25, -0.2) is 4.98 Å². The minimum atomic E-state index is 0.00523. The number of piperidine rings is 1. The van der Waals surface area contributed by atoms with Crippen LogP contribution in [-0.2, 0) is 13.1 Å². The Labute approximate surface area is 147 Å². The summed E-state index contributed by atoms with van der Waals surface area (Å²) in [7, 11) is 0. The second-order valence-electron chi connectivity index (χ2n) is 7.03. The van der Waals surface area contributed by atoms with Gasteiger partial charge in [-0.1, -0.05) is 0 Å². The lowest BCUT2D eigenvalue weighted by Gasteiger charge is -2.35. The van der Waals surface area contributed by atoms with Crippen LogP contribution in [0.3, 0.4) is 0 Å². The van der Waals surface area contributed by atoms with Gasteiger partial charge in [0.05, 0.1) is 12.4 Å². The summed E-state index contributed by atoms with van der Waals surface area (Å²) in [6, 6.07) is 0.407. The third kappa shape index (κ3) is 3.42. The van der Waals surface area contributed by atoms with Crippen LogP contribution in [-0.4, -0.2) is 61.1 Å². The molecular formula is C18H24N6O. The topological polar surface area (TPSA) is 67.2 Å². The summed E-state index contributed by atoms with van der Waals surface area (Å²) in [4.78, 5) is 25.5. The Morgan fingerprint density at radius 2 is 2.12 bits per heavy atom. The summed E-state index contributed by atoms with van der Waals surface area (Å²) < 4.78 is 1.97. The normalized spacial score (nSPS) is 23.6. The minimum absolute atomic E-state index is 0.00523. The van der Waals surface area contributed by atoms with E-state index in [0.717, 1.165) is 39.1 Å². The molecule has 0 radical (unpaired) electrons. The van der Waals surface area contributed by atoms with Gasteiger partial charge in [-0.15, -0.1) is 0 Å². The van der Waals surface area contributed by atoms with Crippen LogP contribution in [0.1, 0.15) is 35.8 Å². The van der Waals surface area contributed by atoms with Gasteiger partial charge < -0.3 is 4.90 Å². The van der Waals surface area contributed by atoms with Crippen LogP contribution in [0.5, 0.6) is 0 Å². The van der Waals surface area contributed by atoms with Gasteiger partial charge in [-0.2, -0.15) is 5.10 Å². The molecule has 3 fully saturated rings.